The molecule has 0 N–H and O–H groups in total. The minimum atomic E-state index is -0.00891. The minimum absolute atomic E-state index is 0.00891. The van der Waals surface area contributed by atoms with Crippen molar-refractivity contribution in [3.63, 3.8) is 0 Å². The molecule has 0 aliphatic carbocycles. The standard InChI is InChI=1S/C22H26O2S/c1-3-4-5-6-16-24-20-9-7-8-19(17-20)22(23)15-12-18-10-13-21(25-2)14-11-18/h7-15,17H,3-6,16H2,1-2H3. The van der Waals surface area contributed by atoms with Crippen molar-refractivity contribution in [3.05, 3.63) is 65.7 Å². The lowest BCUT2D eigenvalue weighted by Crippen LogP contribution is -1.99. The smallest absolute Gasteiger partial charge is 0.185 e. The van der Waals surface area contributed by atoms with Crippen molar-refractivity contribution in [2.45, 2.75) is 37.5 Å². The fourth-order valence-electron chi connectivity index (χ4n) is 2.44. The molecule has 3 heteroatoms. The first-order chi connectivity index (χ1) is 12.2. The molecule has 0 aliphatic heterocycles. The van der Waals surface area contributed by atoms with E-state index in [0.717, 1.165) is 17.7 Å². The number of unbranched alkanes of at least 4 members (excludes halogenated alkanes) is 3. The van der Waals surface area contributed by atoms with E-state index in [1.165, 1.54) is 24.2 Å². The van der Waals surface area contributed by atoms with Gasteiger partial charge in [0.1, 0.15) is 5.75 Å². The maximum atomic E-state index is 12.4. The van der Waals surface area contributed by atoms with Crippen LogP contribution in [0.3, 0.4) is 0 Å². The molecule has 0 unspecified atom stereocenters. The van der Waals surface area contributed by atoms with E-state index in [0.29, 0.717) is 12.2 Å². The second-order valence-electron chi connectivity index (χ2n) is 5.91. The number of rotatable bonds is 10. The molecule has 2 nitrogen and oxygen atoms in total. The van der Waals surface area contributed by atoms with Crippen molar-refractivity contribution in [2.75, 3.05) is 12.9 Å². The number of carbonyl (C=O) groups is 1. The Morgan fingerprint density at radius 2 is 1.88 bits per heavy atom. The van der Waals surface area contributed by atoms with Crippen molar-refractivity contribution < 1.29 is 9.53 Å². The van der Waals surface area contributed by atoms with Gasteiger partial charge >= 0.3 is 0 Å². The molecule has 0 bridgehead atoms. The summed E-state index contributed by atoms with van der Waals surface area (Å²) in [6, 6.07) is 15.6. The average Bonchev–Trinajstić information content (AvgIpc) is 2.66. The van der Waals surface area contributed by atoms with Gasteiger partial charge in [0.15, 0.2) is 5.78 Å². The van der Waals surface area contributed by atoms with Crippen molar-refractivity contribution >= 4 is 23.6 Å². The largest absolute Gasteiger partial charge is 0.494 e. The van der Waals surface area contributed by atoms with Crippen LogP contribution in [0, 0.1) is 0 Å². The van der Waals surface area contributed by atoms with Gasteiger partial charge < -0.3 is 4.74 Å². The highest BCUT2D eigenvalue weighted by atomic mass is 32.2. The van der Waals surface area contributed by atoms with Gasteiger partial charge in [0.25, 0.3) is 0 Å². The molecule has 2 aromatic rings. The van der Waals surface area contributed by atoms with Crippen molar-refractivity contribution in [1.29, 1.82) is 0 Å². The van der Waals surface area contributed by atoms with Crippen LogP contribution in [0.1, 0.15) is 48.5 Å². The molecule has 132 valence electrons. The van der Waals surface area contributed by atoms with E-state index in [1.54, 1.807) is 17.8 Å². The molecule has 0 atom stereocenters. The summed E-state index contributed by atoms with van der Waals surface area (Å²) < 4.78 is 5.75. The number of hydrogen-bond donors (Lipinski definition) is 0. The van der Waals surface area contributed by atoms with Gasteiger partial charge in [-0.1, -0.05) is 56.5 Å². The molecule has 2 rings (SSSR count). The Kier molecular flexibility index (Phi) is 8.33. The van der Waals surface area contributed by atoms with Crippen molar-refractivity contribution in [2.24, 2.45) is 0 Å². The molecule has 0 heterocycles. The van der Waals surface area contributed by atoms with Crippen LogP contribution in [-0.4, -0.2) is 18.6 Å². The predicted molar refractivity (Wildman–Crippen MR) is 108 cm³/mol. The van der Waals surface area contributed by atoms with Crippen LogP contribution in [0.25, 0.3) is 6.08 Å². The van der Waals surface area contributed by atoms with E-state index in [-0.39, 0.29) is 5.78 Å². The maximum Gasteiger partial charge on any atom is 0.185 e. The first-order valence-corrected chi connectivity index (χ1v) is 10.0. The lowest BCUT2D eigenvalue weighted by Gasteiger charge is -2.07. The average molecular weight is 355 g/mol. The molecule has 2 aromatic carbocycles. The Morgan fingerprint density at radius 1 is 1.08 bits per heavy atom. The molecule has 0 spiro atoms. The Balaban J connectivity index is 1.92. The van der Waals surface area contributed by atoms with Gasteiger partial charge in [-0.3, -0.25) is 4.79 Å². The summed E-state index contributed by atoms with van der Waals surface area (Å²) in [5.74, 6) is 0.755. The van der Waals surface area contributed by atoms with Gasteiger partial charge in [-0.2, -0.15) is 0 Å². The zero-order valence-electron chi connectivity index (χ0n) is 15.0. The first-order valence-electron chi connectivity index (χ1n) is 8.82. The molecule has 0 radical (unpaired) electrons. The van der Waals surface area contributed by atoms with Gasteiger partial charge in [0.2, 0.25) is 0 Å². The number of allylic oxidation sites excluding steroid dienone is 1. The van der Waals surface area contributed by atoms with E-state index in [2.05, 4.69) is 19.1 Å². The number of thioether (sulfide) groups is 1. The van der Waals surface area contributed by atoms with Gasteiger partial charge in [0, 0.05) is 10.5 Å². The summed E-state index contributed by atoms with van der Waals surface area (Å²) in [6.07, 6.45) is 10.2. The third-order valence-electron chi connectivity index (χ3n) is 3.93. The summed E-state index contributed by atoms with van der Waals surface area (Å²) in [7, 11) is 0. The molecule has 0 aromatic heterocycles. The fraction of sp³-hybridized carbons (Fsp3) is 0.318. The molecule has 25 heavy (non-hydrogen) atoms. The van der Waals surface area contributed by atoms with Crippen LogP contribution in [0.2, 0.25) is 0 Å². The predicted octanol–water partition coefficient (Wildman–Crippen LogP) is 6.26. The molecule has 0 saturated carbocycles. The summed E-state index contributed by atoms with van der Waals surface area (Å²) in [5, 5.41) is 0. The van der Waals surface area contributed by atoms with Crippen LogP contribution >= 0.6 is 11.8 Å². The van der Waals surface area contributed by atoms with E-state index in [9.17, 15) is 4.79 Å². The highest BCUT2D eigenvalue weighted by Crippen LogP contribution is 2.17. The lowest BCUT2D eigenvalue weighted by molar-refractivity contribution is 0.104. The van der Waals surface area contributed by atoms with Gasteiger partial charge in [-0.15, -0.1) is 11.8 Å². The molecule has 0 saturated heterocycles. The minimum Gasteiger partial charge on any atom is -0.494 e. The highest BCUT2D eigenvalue weighted by Gasteiger charge is 2.04. The van der Waals surface area contributed by atoms with E-state index in [4.69, 9.17) is 4.74 Å². The Labute approximate surface area is 155 Å². The number of hydrogen-bond acceptors (Lipinski definition) is 3. The molecular weight excluding hydrogens is 328 g/mol. The summed E-state index contributed by atoms with van der Waals surface area (Å²) in [5.41, 5.74) is 1.68. The number of carbonyl (C=O) groups excluding carboxylic acids is 1. The number of benzene rings is 2. The van der Waals surface area contributed by atoms with E-state index >= 15 is 0 Å². The van der Waals surface area contributed by atoms with Crippen LogP contribution in [0.4, 0.5) is 0 Å². The van der Waals surface area contributed by atoms with E-state index < -0.39 is 0 Å². The normalized spacial score (nSPS) is 11.0. The van der Waals surface area contributed by atoms with Crippen molar-refractivity contribution in [1.82, 2.24) is 0 Å². The van der Waals surface area contributed by atoms with Gasteiger partial charge in [0.05, 0.1) is 6.61 Å². The topological polar surface area (TPSA) is 26.3 Å². The van der Waals surface area contributed by atoms with Crippen LogP contribution in [0.15, 0.2) is 59.5 Å². The third-order valence-corrected chi connectivity index (χ3v) is 4.67. The Hall–Kier alpha value is -2.00. The van der Waals surface area contributed by atoms with E-state index in [1.807, 2.05) is 48.7 Å². The van der Waals surface area contributed by atoms with Crippen LogP contribution in [-0.2, 0) is 0 Å². The molecule has 0 amide bonds. The van der Waals surface area contributed by atoms with Crippen molar-refractivity contribution in [3.8, 4) is 5.75 Å². The lowest BCUT2D eigenvalue weighted by atomic mass is 10.1. The summed E-state index contributed by atoms with van der Waals surface area (Å²) in [6.45, 7) is 2.90. The quantitative estimate of drug-likeness (QED) is 0.218. The second kappa shape index (κ2) is 10.8. The highest BCUT2D eigenvalue weighted by molar-refractivity contribution is 7.98. The zero-order chi connectivity index (χ0) is 17.9. The van der Waals surface area contributed by atoms with Gasteiger partial charge in [-0.25, -0.2) is 0 Å². The Morgan fingerprint density at radius 3 is 2.60 bits per heavy atom. The zero-order valence-corrected chi connectivity index (χ0v) is 15.9. The van der Waals surface area contributed by atoms with Gasteiger partial charge in [-0.05, 0) is 48.6 Å². The first kappa shape index (κ1) is 19.3. The molecule has 0 aliphatic rings. The monoisotopic (exact) mass is 354 g/mol. The molecule has 0 fully saturated rings. The van der Waals surface area contributed by atoms with Crippen LogP contribution in [0.5, 0.6) is 5.75 Å². The SMILES string of the molecule is CCCCCCOc1cccc(C(=O)C=Cc2ccc(SC)cc2)c1. The maximum absolute atomic E-state index is 12.4. The summed E-state index contributed by atoms with van der Waals surface area (Å²) in [4.78, 5) is 13.6. The number of ketones is 1. The fourth-order valence-corrected chi connectivity index (χ4v) is 2.85. The Bertz CT molecular complexity index is 689. The third kappa shape index (κ3) is 6.79. The number of ether oxygens (including phenoxy) is 1. The molecular formula is C22H26O2S. The van der Waals surface area contributed by atoms with Crippen LogP contribution < -0.4 is 4.74 Å². The second-order valence-corrected chi connectivity index (χ2v) is 6.79. The summed E-state index contributed by atoms with van der Waals surface area (Å²) >= 11 is 1.71.